The Kier molecular flexibility index (Phi) is 5.77. The minimum atomic E-state index is -0.484. The first kappa shape index (κ1) is 21.3. The number of ether oxygens (including phenoxy) is 1. The summed E-state index contributed by atoms with van der Waals surface area (Å²) < 4.78 is 19.1. The Morgan fingerprint density at radius 3 is 2.38 bits per heavy atom. The third kappa shape index (κ3) is 3.99. The summed E-state index contributed by atoms with van der Waals surface area (Å²) in [5, 5.41) is 3.16. The van der Waals surface area contributed by atoms with Crippen LogP contribution in [-0.4, -0.2) is 18.4 Å². The maximum Gasteiger partial charge on any atom is 0.282 e. The van der Waals surface area contributed by atoms with Crippen molar-refractivity contribution in [2.24, 2.45) is 0 Å². The van der Waals surface area contributed by atoms with E-state index in [2.05, 4.69) is 5.32 Å². The summed E-state index contributed by atoms with van der Waals surface area (Å²) in [6, 6.07) is 18.2. The molecule has 3 aromatic carbocycles. The second-order valence-corrected chi connectivity index (χ2v) is 7.58. The number of halogens is 1. The first-order chi connectivity index (χ1) is 15.4. The van der Waals surface area contributed by atoms with Crippen molar-refractivity contribution in [3.05, 3.63) is 94.9 Å². The highest BCUT2D eigenvalue weighted by Gasteiger charge is 2.40. The number of hydrogen-bond acceptors (Lipinski definition) is 4. The molecule has 0 saturated carbocycles. The van der Waals surface area contributed by atoms with E-state index < -0.39 is 17.6 Å². The molecular weight excluding hydrogens is 407 g/mol. The molecule has 0 atom stereocenters. The van der Waals surface area contributed by atoms with Crippen molar-refractivity contribution in [2.75, 3.05) is 16.8 Å². The quantitative estimate of drug-likeness (QED) is 0.544. The molecule has 1 N–H and O–H groups in total. The van der Waals surface area contributed by atoms with Gasteiger partial charge in [0.15, 0.2) is 0 Å². The first-order valence-electron chi connectivity index (χ1n) is 10.3. The number of imide groups is 1. The van der Waals surface area contributed by atoms with Gasteiger partial charge in [-0.05, 0) is 62.2 Å². The van der Waals surface area contributed by atoms with Crippen LogP contribution in [0.1, 0.15) is 23.6 Å². The van der Waals surface area contributed by atoms with Gasteiger partial charge in [-0.3, -0.25) is 9.59 Å². The van der Waals surface area contributed by atoms with Crippen molar-refractivity contribution < 1.29 is 18.7 Å². The van der Waals surface area contributed by atoms with Gasteiger partial charge in [-0.15, -0.1) is 0 Å². The topological polar surface area (TPSA) is 58.6 Å². The maximum absolute atomic E-state index is 13.5. The van der Waals surface area contributed by atoms with Crippen molar-refractivity contribution in [2.45, 2.75) is 20.8 Å². The number of nitrogens with one attached hydrogen (secondary N) is 1. The number of hydrogen-bond donors (Lipinski definition) is 1. The fourth-order valence-corrected chi connectivity index (χ4v) is 3.73. The van der Waals surface area contributed by atoms with Gasteiger partial charge < -0.3 is 10.1 Å². The number of anilines is 2. The zero-order chi connectivity index (χ0) is 22.8. The lowest BCUT2D eigenvalue weighted by Gasteiger charge is -2.17. The SMILES string of the molecule is CCOc1cccc(N2C(=O)C(Nc3ccc(C)cc3C)=C(c3ccc(F)cc3)C2=O)c1. The number of amides is 2. The summed E-state index contributed by atoms with van der Waals surface area (Å²) in [5.74, 6) is -0.827. The van der Waals surface area contributed by atoms with Gasteiger partial charge >= 0.3 is 0 Å². The highest BCUT2D eigenvalue weighted by Crippen LogP contribution is 2.35. The van der Waals surface area contributed by atoms with Crippen LogP contribution in [-0.2, 0) is 9.59 Å². The minimum absolute atomic E-state index is 0.148. The van der Waals surface area contributed by atoms with E-state index in [1.807, 2.05) is 39.0 Å². The number of rotatable bonds is 6. The van der Waals surface area contributed by atoms with Crippen LogP contribution in [0.15, 0.2) is 72.4 Å². The average Bonchev–Trinajstić information content (AvgIpc) is 3.00. The van der Waals surface area contributed by atoms with Crippen LogP contribution in [0.4, 0.5) is 15.8 Å². The predicted octanol–water partition coefficient (Wildman–Crippen LogP) is 5.24. The molecule has 0 aliphatic carbocycles. The number of carbonyl (C=O) groups is 2. The smallest absolute Gasteiger partial charge is 0.282 e. The van der Waals surface area contributed by atoms with Gasteiger partial charge in [0.05, 0.1) is 17.9 Å². The van der Waals surface area contributed by atoms with Crippen molar-refractivity contribution >= 4 is 28.8 Å². The predicted molar refractivity (Wildman–Crippen MR) is 123 cm³/mol. The number of carbonyl (C=O) groups excluding carboxylic acids is 2. The number of aryl methyl sites for hydroxylation is 2. The molecule has 32 heavy (non-hydrogen) atoms. The molecule has 0 spiro atoms. The summed E-state index contributed by atoms with van der Waals surface area (Å²) in [7, 11) is 0. The average molecular weight is 430 g/mol. The van der Waals surface area contributed by atoms with Crippen LogP contribution >= 0.6 is 0 Å². The number of benzene rings is 3. The monoisotopic (exact) mass is 430 g/mol. The van der Waals surface area contributed by atoms with Gasteiger partial charge in [-0.25, -0.2) is 9.29 Å². The largest absolute Gasteiger partial charge is 0.494 e. The Labute approximate surface area is 186 Å². The van der Waals surface area contributed by atoms with E-state index in [1.165, 1.54) is 24.3 Å². The normalized spacial score (nSPS) is 13.7. The van der Waals surface area contributed by atoms with E-state index in [9.17, 15) is 14.0 Å². The summed E-state index contributed by atoms with van der Waals surface area (Å²) in [4.78, 5) is 28.1. The van der Waals surface area contributed by atoms with E-state index >= 15 is 0 Å². The molecule has 6 heteroatoms. The highest BCUT2D eigenvalue weighted by atomic mass is 19.1. The molecule has 0 bridgehead atoms. The van der Waals surface area contributed by atoms with E-state index in [-0.39, 0.29) is 11.3 Å². The molecule has 0 fully saturated rings. The van der Waals surface area contributed by atoms with Crippen molar-refractivity contribution in [3.63, 3.8) is 0 Å². The molecule has 0 unspecified atom stereocenters. The van der Waals surface area contributed by atoms with Crippen molar-refractivity contribution in [1.82, 2.24) is 0 Å². The van der Waals surface area contributed by atoms with E-state index in [0.717, 1.165) is 21.7 Å². The molecular formula is C26H23FN2O3. The Morgan fingerprint density at radius 2 is 1.69 bits per heavy atom. The maximum atomic E-state index is 13.5. The Morgan fingerprint density at radius 1 is 0.938 bits per heavy atom. The van der Waals surface area contributed by atoms with Gasteiger partial charge in [0, 0.05) is 11.8 Å². The molecule has 1 aliphatic rings. The van der Waals surface area contributed by atoms with Crippen molar-refractivity contribution in [3.8, 4) is 5.75 Å². The van der Waals surface area contributed by atoms with Gasteiger partial charge in [0.25, 0.3) is 11.8 Å². The second-order valence-electron chi connectivity index (χ2n) is 7.58. The van der Waals surface area contributed by atoms with Crippen LogP contribution < -0.4 is 15.0 Å². The zero-order valence-electron chi connectivity index (χ0n) is 18.1. The molecule has 1 heterocycles. The Balaban J connectivity index is 1.81. The van der Waals surface area contributed by atoms with Crippen LogP contribution in [0.5, 0.6) is 5.75 Å². The van der Waals surface area contributed by atoms with E-state index in [4.69, 9.17) is 4.74 Å². The van der Waals surface area contributed by atoms with E-state index in [0.29, 0.717) is 23.6 Å². The summed E-state index contributed by atoms with van der Waals surface area (Å²) in [6.45, 7) is 6.23. The zero-order valence-corrected chi connectivity index (χ0v) is 18.1. The van der Waals surface area contributed by atoms with Gasteiger partial charge in [-0.1, -0.05) is 35.9 Å². The Hall–Kier alpha value is -3.93. The molecule has 5 nitrogen and oxygen atoms in total. The summed E-state index contributed by atoms with van der Waals surface area (Å²) in [5.41, 5.74) is 3.95. The third-order valence-electron chi connectivity index (χ3n) is 5.25. The lowest BCUT2D eigenvalue weighted by atomic mass is 10.0. The third-order valence-corrected chi connectivity index (χ3v) is 5.25. The van der Waals surface area contributed by atoms with Crippen LogP contribution in [0.25, 0.3) is 5.57 Å². The van der Waals surface area contributed by atoms with Gasteiger partial charge in [-0.2, -0.15) is 0 Å². The fourth-order valence-electron chi connectivity index (χ4n) is 3.73. The Bertz CT molecular complexity index is 1230. The summed E-state index contributed by atoms with van der Waals surface area (Å²) >= 11 is 0. The van der Waals surface area contributed by atoms with Crippen LogP contribution in [0.2, 0.25) is 0 Å². The van der Waals surface area contributed by atoms with E-state index in [1.54, 1.807) is 24.3 Å². The molecule has 2 amide bonds. The number of nitrogens with zero attached hydrogens (tertiary/aromatic N) is 1. The lowest BCUT2D eigenvalue weighted by Crippen LogP contribution is -2.32. The van der Waals surface area contributed by atoms with Crippen molar-refractivity contribution in [1.29, 1.82) is 0 Å². The standard InChI is InChI=1S/C26H23FN2O3/c1-4-32-21-7-5-6-20(15-21)29-25(30)23(18-9-11-19(27)12-10-18)24(26(29)31)28-22-13-8-16(2)14-17(22)3/h5-15,28H,4H2,1-3H3. The summed E-state index contributed by atoms with van der Waals surface area (Å²) in [6.07, 6.45) is 0. The van der Waals surface area contributed by atoms with Crippen LogP contribution in [0, 0.1) is 19.7 Å². The highest BCUT2D eigenvalue weighted by molar-refractivity contribution is 6.46. The molecule has 162 valence electrons. The lowest BCUT2D eigenvalue weighted by molar-refractivity contribution is -0.120. The molecule has 0 aromatic heterocycles. The molecule has 4 rings (SSSR count). The second kappa shape index (κ2) is 8.67. The molecule has 0 radical (unpaired) electrons. The van der Waals surface area contributed by atoms with Gasteiger partial charge in [0.1, 0.15) is 17.3 Å². The van der Waals surface area contributed by atoms with Crippen LogP contribution in [0.3, 0.4) is 0 Å². The molecule has 0 saturated heterocycles. The molecule has 1 aliphatic heterocycles. The molecule has 3 aromatic rings. The first-order valence-corrected chi connectivity index (χ1v) is 10.3. The minimum Gasteiger partial charge on any atom is -0.494 e. The fraction of sp³-hybridized carbons (Fsp3) is 0.154. The van der Waals surface area contributed by atoms with Gasteiger partial charge in [0.2, 0.25) is 0 Å².